The van der Waals surface area contributed by atoms with Crippen molar-refractivity contribution in [2.45, 2.75) is 6.92 Å². The molecule has 0 heterocycles. The van der Waals surface area contributed by atoms with Gasteiger partial charge in [0.25, 0.3) is 0 Å². The lowest BCUT2D eigenvalue weighted by molar-refractivity contribution is 0.627. The van der Waals surface area contributed by atoms with Crippen molar-refractivity contribution in [1.82, 2.24) is 0 Å². The maximum absolute atomic E-state index is 12.1. The molecule has 0 aliphatic heterocycles. The first-order valence-corrected chi connectivity index (χ1v) is 3.85. The van der Waals surface area contributed by atoms with E-state index in [2.05, 4.69) is 12.6 Å². The Morgan fingerprint density at radius 2 is 1.50 bits per heavy atom. The predicted octanol–water partition coefficient (Wildman–Crippen LogP) is 2.68. The summed E-state index contributed by atoms with van der Waals surface area (Å²) in [5.41, 5.74) is 1.09. The second kappa shape index (κ2) is 5.30. The van der Waals surface area contributed by atoms with Crippen LogP contribution >= 0.6 is 12.6 Å². The van der Waals surface area contributed by atoms with E-state index in [4.69, 9.17) is 0 Å². The van der Waals surface area contributed by atoms with Crippen molar-refractivity contribution in [3.8, 4) is 0 Å². The van der Waals surface area contributed by atoms with Gasteiger partial charge in [-0.25, -0.2) is 4.39 Å². The average molecular weight is 158 g/mol. The number of hydrogen-bond acceptors (Lipinski definition) is 1. The fourth-order valence-electron chi connectivity index (χ4n) is 0.533. The van der Waals surface area contributed by atoms with Gasteiger partial charge in [0.15, 0.2) is 0 Å². The van der Waals surface area contributed by atoms with Crippen LogP contribution in [-0.2, 0) is 0 Å². The molecule has 0 amide bonds. The van der Waals surface area contributed by atoms with Gasteiger partial charge in [-0.3, -0.25) is 0 Å². The summed E-state index contributed by atoms with van der Waals surface area (Å²) in [4.78, 5) is 0. The first kappa shape index (κ1) is 9.50. The van der Waals surface area contributed by atoms with Gasteiger partial charge in [-0.2, -0.15) is 12.6 Å². The molecule has 0 spiro atoms. The van der Waals surface area contributed by atoms with Gasteiger partial charge >= 0.3 is 0 Å². The topological polar surface area (TPSA) is 0 Å². The van der Waals surface area contributed by atoms with Crippen LogP contribution < -0.4 is 0 Å². The fourth-order valence-corrected chi connectivity index (χ4v) is 0.533. The Morgan fingerprint density at radius 3 is 1.80 bits per heavy atom. The molecule has 0 radical (unpaired) electrons. The molecule has 0 bridgehead atoms. The van der Waals surface area contributed by atoms with Crippen molar-refractivity contribution in [3.05, 3.63) is 35.6 Å². The lowest BCUT2D eigenvalue weighted by atomic mass is 10.2. The second-order valence-electron chi connectivity index (χ2n) is 1.80. The lowest BCUT2D eigenvalue weighted by Crippen LogP contribution is -1.71. The molecule has 1 aromatic rings. The number of benzene rings is 1. The molecular formula is C8H11FS. The highest BCUT2D eigenvalue weighted by atomic mass is 32.1. The minimum atomic E-state index is -0.171. The Labute approximate surface area is 66.5 Å². The van der Waals surface area contributed by atoms with Crippen molar-refractivity contribution < 1.29 is 4.39 Å². The molecule has 1 aromatic carbocycles. The van der Waals surface area contributed by atoms with Crippen molar-refractivity contribution >= 4 is 12.6 Å². The average Bonchev–Trinajstić information content (AvgIpc) is 2.00. The Morgan fingerprint density at radius 1 is 1.10 bits per heavy atom. The Hall–Kier alpha value is -0.500. The van der Waals surface area contributed by atoms with Gasteiger partial charge in [-0.15, -0.1) is 0 Å². The monoisotopic (exact) mass is 158 g/mol. The van der Waals surface area contributed by atoms with Crippen LogP contribution in [0.25, 0.3) is 0 Å². The lowest BCUT2D eigenvalue weighted by Gasteiger charge is -1.87. The van der Waals surface area contributed by atoms with Gasteiger partial charge in [-0.05, 0) is 25.3 Å². The number of aryl methyl sites for hydroxylation is 1. The zero-order chi connectivity index (χ0) is 7.98. The molecule has 0 atom stereocenters. The van der Waals surface area contributed by atoms with E-state index in [0.717, 1.165) is 5.56 Å². The standard InChI is InChI=1S/C7H7F.CH4S/c1-6-2-4-7(8)5-3-6;1-2/h2-5H,1H3;2H,1H3. The molecule has 0 saturated heterocycles. The van der Waals surface area contributed by atoms with Crippen molar-refractivity contribution in [1.29, 1.82) is 0 Å². The summed E-state index contributed by atoms with van der Waals surface area (Å²) in [5.74, 6) is -0.171. The molecule has 0 fully saturated rings. The van der Waals surface area contributed by atoms with Gasteiger partial charge in [0, 0.05) is 0 Å². The van der Waals surface area contributed by atoms with E-state index in [-0.39, 0.29) is 5.82 Å². The van der Waals surface area contributed by atoms with Gasteiger partial charge in [0.1, 0.15) is 5.82 Å². The molecule has 0 nitrogen and oxygen atoms in total. The van der Waals surface area contributed by atoms with E-state index in [1.807, 2.05) is 6.92 Å². The van der Waals surface area contributed by atoms with E-state index >= 15 is 0 Å². The van der Waals surface area contributed by atoms with Crippen LogP contribution in [0.3, 0.4) is 0 Å². The van der Waals surface area contributed by atoms with Crippen molar-refractivity contribution in [3.63, 3.8) is 0 Å². The third-order valence-electron chi connectivity index (χ3n) is 1.01. The molecule has 0 aliphatic rings. The highest BCUT2D eigenvalue weighted by Crippen LogP contribution is 1.98. The minimum Gasteiger partial charge on any atom is -0.207 e. The highest BCUT2D eigenvalue weighted by Gasteiger charge is 1.83. The fraction of sp³-hybridized carbons (Fsp3) is 0.250. The molecule has 10 heavy (non-hydrogen) atoms. The molecule has 0 aromatic heterocycles. The van der Waals surface area contributed by atoms with Crippen molar-refractivity contribution in [2.75, 3.05) is 6.26 Å². The van der Waals surface area contributed by atoms with Gasteiger partial charge in [0.2, 0.25) is 0 Å². The quantitative estimate of drug-likeness (QED) is 0.551. The number of hydrogen-bond donors (Lipinski definition) is 1. The predicted molar refractivity (Wildman–Crippen MR) is 46.0 cm³/mol. The zero-order valence-corrected chi connectivity index (χ0v) is 7.03. The third-order valence-corrected chi connectivity index (χ3v) is 1.01. The van der Waals surface area contributed by atoms with Crippen LogP contribution in [0.5, 0.6) is 0 Å². The molecule has 0 saturated carbocycles. The number of halogens is 1. The van der Waals surface area contributed by atoms with E-state index in [1.54, 1.807) is 18.4 Å². The third kappa shape index (κ3) is 3.51. The van der Waals surface area contributed by atoms with E-state index < -0.39 is 0 Å². The van der Waals surface area contributed by atoms with Crippen LogP contribution in [0.2, 0.25) is 0 Å². The maximum atomic E-state index is 12.1. The summed E-state index contributed by atoms with van der Waals surface area (Å²) in [6.45, 7) is 1.93. The Bertz CT molecular complexity index is 148. The summed E-state index contributed by atoms with van der Waals surface area (Å²) in [5, 5.41) is 0. The van der Waals surface area contributed by atoms with Crippen LogP contribution in [0.15, 0.2) is 24.3 Å². The molecule has 56 valence electrons. The normalized spacial score (nSPS) is 8.00. The molecule has 0 N–H and O–H groups in total. The Balaban J connectivity index is 0.000000371. The summed E-state index contributed by atoms with van der Waals surface area (Å²) in [6, 6.07) is 6.40. The number of thiol groups is 1. The van der Waals surface area contributed by atoms with Gasteiger partial charge in [0.05, 0.1) is 0 Å². The summed E-state index contributed by atoms with van der Waals surface area (Å²) in [6.07, 6.45) is 1.69. The van der Waals surface area contributed by atoms with E-state index in [0.29, 0.717) is 0 Å². The van der Waals surface area contributed by atoms with Gasteiger partial charge in [-0.1, -0.05) is 17.7 Å². The van der Waals surface area contributed by atoms with Crippen LogP contribution in [0.1, 0.15) is 5.56 Å². The summed E-state index contributed by atoms with van der Waals surface area (Å²) >= 11 is 3.53. The molecule has 2 heteroatoms. The zero-order valence-electron chi connectivity index (χ0n) is 6.13. The van der Waals surface area contributed by atoms with Crippen molar-refractivity contribution in [2.24, 2.45) is 0 Å². The van der Waals surface area contributed by atoms with Crippen LogP contribution in [0.4, 0.5) is 4.39 Å². The van der Waals surface area contributed by atoms with E-state index in [1.165, 1.54) is 12.1 Å². The Kier molecular flexibility index (Phi) is 5.03. The first-order chi connectivity index (χ1) is 4.79. The summed E-state index contributed by atoms with van der Waals surface area (Å²) in [7, 11) is 0. The summed E-state index contributed by atoms with van der Waals surface area (Å²) < 4.78 is 12.1. The van der Waals surface area contributed by atoms with Crippen LogP contribution in [0, 0.1) is 12.7 Å². The smallest absolute Gasteiger partial charge is 0.123 e. The molecule has 0 aliphatic carbocycles. The SMILES string of the molecule is CS.Cc1ccc(F)cc1. The van der Waals surface area contributed by atoms with Crippen LogP contribution in [-0.4, -0.2) is 6.26 Å². The maximum Gasteiger partial charge on any atom is 0.123 e. The largest absolute Gasteiger partial charge is 0.207 e. The van der Waals surface area contributed by atoms with E-state index in [9.17, 15) is 4.39 Å². The highest BCUT2D eigenvalue weighted by molar-refractivity contribution is 7.79. The van der Waals surface area contributed by atoms with Gasteiger partial charge < -0.3 is 0 Å². The molecular weight excluding hydrogens is 147 g/mol. The number of rotatable bonds is 0. The second-order valence-corrected chi connectivity index (χ2v) is 1.80. The first-order valence-electron chi connectivity index (χ1n) is 2.96. The molecule has 0 unspecified atom stereocenters. The minimum absolute atomic E-state index is 0.171. The molecule has 1 rings (SSSR count).